The van der Waals surface area contributed by atoms with Crippen molar-refractivity contribution in [1.82, 2.24) is 5.32 Å². The Morgan fingerprint density at radius 2 is 1.52 bits per heavy atom. The van der Waals surface area contributed by atoms with Crippen molar-refractivity contribution >= 4 is 17.3 Å². The number of carbonyl (C=O) groups excluding carboxylic acids is 1. The normalized spacial score (nSPS) is 17.4. The highest BCUT2D eigenvalue weighted by molar-refractivity contribution is 5.95. The Hall–Kier alpha value is -3.84. The van der Waals surface area contributed by atoms with Gasteiger partial charge in [-0.3, -0.25) is 10.2 Å². The second-order valence-corrected chi connectivity index (χ2v) is 8.38. The summed E-state index contributed by atoms with van der Waals surface area (Å²) in [7, 11) is 0. The number of ether oxygens (including phenoxy) is 1. The molecule has 2 bridgehead atoms. The molecule has 2 aliphatic rings. The van der Waals surface area contributed by atoms with Crippen LogP contribution in [-0.4, -0.2) is 11.7 Å². The van der Waals surface area contributed by atoms with Crippen LogP contribution >= 0.6 is 0 Å². The van der Waals surface area contributed by atoms with Crippen molar-refractivity contribution in [3.63, 3.8) is 0 Å². The number of nitrogen functional groups attached to an aromatic ring is 1. The largest absolute Gasteiger partial charge is 0.384 e. The topological polar surface area (TPSA) is 88.2 Å². The first-order chi connectivity index (χ1) is 15.7. The van der Waals surface area contributed by atoms with E-state index in [4.69, 9.17) is 15.9 Å². The van der Waals surface area contributed by atoms with E-state index in [1.54, 1.807) is 12.1 Å². The molecular weight excluding hydrogens is 424 g/mol. The summed E-state index contributed by atoms with van der Waals surface area (Å²) < 4.78 is 34.7. The molecule has 3 aromatic rings. The quantitative estimate of drug-likeness (QED) is 0.392. The van der Waals surface area contributed by atoms with Crippen LogP contribution in [0, 0.1) is 17.0 Å². The van der Waals surface area contributed by atoms with Gasteiger partial charge in [-0.15, -0.1) is 0 Å². The summed E-state index contributed by atoms with van der Waals surface area (Å²) in [6.45, 7) is 5.62. The van der Waals surface area contributed by atoms with Gasteiger partial charge >= 0.3 is 0 Å². The summed E-state index contributed by atoms with van der Waals surface area (Å²) in [4.78, 5) is 12.7. The number of nitrogens with two attached hydrogens (primary N) is 1. The van der Waals surface area contributed by atoms with E-state index >= 15 is 0 Å². The first kappa shape index (κ1) is 21.0. The third-order valence-electron chi connectivity index (χ3n) is 6.21. The minimum Gasteiger partial charge on any atom is -0.384 e. The predicted molar refractivity (Wildman–Crippen MR) is 121 cm³/mol. The van der Waals surface area contributed by atoms with E-state index in [1.807, 2.05) is 19.1 Å². The van der Waals surface area contributed by atoms with Gasteiger partial charge in [0.05, 0.1) is 0 Å². The molecule has 5 rings (SSSR count). The number of benzene rings is 3. The molecule has 166 valence electrons. The van der Waals surface area contributed by atoms with Gasteiger partial charge in [-0.25, -0.2) is 8.78 Å². The zero-order valence-corrected chi connectivity index (χ0v) is 17.8. The molecule has 33 heavy (non-hydrogen) atoms. The minimum absolute atomic E-state index is 0.0520. The molecule has 0 radical (unpaired) electrons. The van der Waals surface area contributed by atoms with Crippen molar-refractivity contribution in [1.29, 1.82) is 5.41 Å². The second-order valence-electron chi connectivity index (χ2n) is 8.38. The summed E-state index contributed by atoms with van der Waals surface area (Å²) in [6, 6.07) is 13.5. The molecule has 0 fully saturated rings. The Balaban J connectivity index is 1.37. The molecule has 5 nitrogen and oxygen atoms in total. The van der Waals surface area contributed by atoms with Crippen molar-refractivity contribution < 1.29 is 18.3 Å². The van der Waals surface area contributed by atoms with Crippen LogP contribution in [0.2, 0.25) is 0 Å². The van der Waals surface area contributed by atoms with E-state index in [0.29, 0.717) is 5.56 Å². The van der Waals surface area contributed by atoms with E-state index in [1.165, 1.54) is 0 Å². The van der Waals surface area contributed by atoms with Crippen LogP contribution in [0.3, 0.4) is 0 Å². The molecule has 0 spiro atoms. The number of carbonyl (C=O) groups is 1. The summed E-state index contributed by atoms with van der Waals surface area (Å²) in [5.41, 5.74) is 11.5. The van der Waals surface area contributed by atoms with Crippen LogP contribution in [0.1, 0.15) is 68.4 Å². The van der Waals surface area contributed by atoms with Crippen LogP contribution in [0.15, 0.2) is 55.1 Å². The van der Waals surface area contributed by atoms with Gasteiger partial charge in [-0.1, -0.05) is 30.4 Å². The van der Waals surface area contributed by atoms with Crippen LogP contribution in [-0.2, 0) is 11.3 Å². The lowest BCUT2D eigenvalue weighted by Crippen LogP contribution is -2.24. The van der Waals surface area contributed by atoms with Crippen molar-refractivity contribution in [2.45, 2.75) is 25.7 Å². The summed E-state index contributed by atoms with van der Waals surface area (Å²) in [5.74, 6) is -2.63. The van der Waals surface area contributed by atoms with E-state index in [2.05, 4.69) is 24.0 Å². The first-order valence-electron chi connectivity index (χ1n) is 10.4. The number of allylic oxidation sites excluding steroid dienone is 1. The molecule has 0 unspecified atom stereocenters. The van der Waals surface area contributed by atoms with Gasteiger partial charge < -0.3 is 15.8 Å². The number of amides is 1. The molecular formula is C26H21F2N3O2. The fraction of sp³-hybridized carbons (Fsp3) is 0.154. The Morgan fingerprint density at radius 3 is 2.09 bits per heavy atom. The monoisotopic (exact) mass is 445 g/mol. The first-order valence-corrected chi connectivity index (χ1v) is 10.4. The lowest BCUT2D eigenvalue weighted by molar-refractivity contribution is 0.0857. The lowest BCUT2D eigenvalue weighted by atomic mass is 9.84. The summed E-state index contributed by atoms with van der Waals surface area (Å²) in [6.07, 6.45) is -0.430. The SMILES string of the molecule is C=C(C)c1ccc2c(c1)[C@H]1O[C@@H]2c2ccc(C(=O)NCc3c(F)cc(C(=N)N)cc3F)cc21. The van der Waals surface area contributed by atoms with Crippen molar-refractivity contribution in [3.05, 3.63) is 111 Å². The standard InChI is InChI=1S/C26H21F2N3O2/c1-12(2)13-3-5-16-18(7-13)24-19-8-14(4-6-17(19)23(16)33-24)26(32)31-11-20-21(27)9-15(25(29)30)10-22(20)28/h3-10,23-24H,1,11H2,2H3,(H3,29,30)(H,31,32)/t23-,24+/m0/s1. The number of hydrogen-bond acceptors (Lipinski definition) is 3. The molecule has 4 N–H and O–H groups in total. The maximum absolute atomic E-state index is 14.3. The molecule has 2 aliphatic heterocycles. The number of amidine groups is 1. The molecule has 2 atom stereocenters. The van der Waals surface area contributed by atoms with Gasteiger partial charge in [0.1, 0.15) is 29.7 Å². The fourth-order valence-corrected chi connectivity index (χ4v) is 4.45. The number of nitrogens with one attached hydrogen (secondary N) is 2. The number of fused-ring (bicyclic) bond motifs is 8. The molecule has 0 saturated heterocycles. The number of hydrogen-bond donors (Lipinski definition) is 3. The summed E-state index contributed by atoms with van der Waals surface area (Å²) in [5, 5.41) is 9.88. The zero-order chi connectivity index (χ0) is 23.4. The van der Waals surface area contributed by atoms with E-state index < -0.39 is 23.4 Å². The molecule has 3 aromatic carbocycles. The molecule has 7 heteroatoms. The Bertz CT molecular complexity index is 1340. The molecule has 0 saturated carbocycles. The second kappa shape index (κ2) is 7.64. The third-order valence-corrected chi connectivity index (χ3v) is 6.21. The van der Waals surface area contributed by atoms with Gasteiger partial charge in [-0.05, 0) is 65.1 Å². The van der Waals surface area contributed by atoms with E-state index in [9.17, 15) is 13.6 Å². The van der Waals surface area contributed by atoms with Crippen LogP contribution in [0.25, 0.3) is 5.57 Å². The van der Waals surface area contributed by atoms with Gasteiger partial charge in [-0.2, -0.15) is 0 Å². The predicted octanol–water partition coefficient (Wildman–Crippen LogP) is 4.73. The average Bonchev–Trinajstić information content (AvgIpc) is 3.34. The Kier molecular flexibility index (Phi) is 4.87. The van der Waals surface area contributed by atoms with Crippen LogP contribution in [0.4, 0.5) is 8.78 Å². The molecule has 0 aliphatic carbocycles. The van der Waals surface area contributed by atoms with Gasteiger partial charge in [0, 0.05) is 23.2 Å². The molecule has 2 heterocycles. The van der Waals surface area contributed by atoms with Gasteiger partial charge in [0.2, 0.25) is 0 Å². The maximum atomic E-state index is 14.3. The smallest absolute Gasteiger partial charge is 0.251 e. The zero-order valence-electron chi connectivity index (χ0n) is 17.8. The Morgan fingerprint density at radius 1 is 0.970 bits per heavy atom. The van der Waals surface area contributed by atoms with Crippen molar-refractivity contribution in [3.8, 4) is 0 Å². The average molecular weight is 445 g/mol. The van der Waals surface area contributed by atoms with Crippen LogP contribution < -0.4 is 11.1 Å². The molecule has 1 amide bonds. The maximum Gasteiger partial charge on any atom is 0.251 e. The van der Waals surface area contributed by atoms with E-state index in [0.717, 1.165) is 45.5 Å². The van der Waals surface area contributed by atoms with Crippen molar-refractivity contribution in [2.24, 2.45) is 5.73 Å². The highest BCUT2D eigenvalue weighted by Gasteiger charge is 2.43. The minimum atomic E-state index is -0.870. The third kappa shape index (κ3) is 3.41. The number of halogens is 2. The van der Waals surface area contributed by atoms with Gasteiger partial charge in [0.15, 0.2) is 0 Å². The fourth-order valence-electron chi connectivity index (χ4n) is 4.45. The van der Waals surface area contributed by atoms with Crippen LogP contribution in [0.5, 0.6) is 0 Å². The van der Waals surface area contributed by atoms with Gasteiger partial charge in [0.25, 0.3) is 5.91 Å². The number of rotatable bonds is 5. The van der Waals surface area contributed by atoms with Crippen molar-refractivity contribution in [2.75, 3.05) is 0 Å². The van der Waals surface area contributed by atoms with E-state index in [-0.39, 0.29) is 29.9 Å². The molecule has 0 aromatic heterocycles. The highest BCUT2D eigenvalue weighted by Crippen LogP contribution is 2.54. The lowest BCUT2D eigenvalue weighted by Gasteiger charge is -2.18. The highest BCUT2D eigenvalue weighted by atomic mass is 19.1. The Labute approximate surface area is 189 Å². The summed E-state index contributed by atoms with van der Waals surface area (Å²) >= 11 is 0.